The van der Waals surface area contributed by atoms with Gasteiger partial charge in [-0.05, 0) is 136 Å². The van der Waals surface area contributed by atoms with Crippen LogP contribution in [0.1, 0.15) is 112 Å². The third-order valence-corrected chi connectivity index (χ3v) is 28.6. The lowest BCUT2D eigenvalue weighted by atomic mass is 9.33. The van der Waals surface area contributed by atoms with Crippen LogP contribution in [-0.4, -0.2) is 383 Å². The Hall–Kier alpha value is -4.57. The van der Waals surface area contributed by atoms with Crippen LogP contribution in [0.5, 0.6) is 11.5 Å². The Morgan fingerprint density at radius 1 is 0.492 bits per heavy atom. The first-order valence-corrected chi connectivity index (χ1v) is 41.0. The molecule has 7 saturated heterocycles. The molecule has 7 heterocycles. The van der Waals surface area contributed by atoms with Crippen LogP contribution in [0.4, 0.5) is 0 Å². The minimum absolute atomic E-state index is 0.0222. The summed E-state index contributed by atoms with van der Waals surface area (Å²) in [7, 11) is 2.82. The van der Waals surface area contributed by atoms with Gasteiger partial charge in [0.25, 0.3) is 0 Å². The summed E-state index contributed by atoms with van der Waals surface area (Å²) in [5.74, 6) is -4.72. The van der Waals surface area contributed by atoms with Crippen molar-refractivity contribution in [2.75, 3.05) is 53.9 Å². The zero-order valence-electron chi connectivity index (χ0n) is 68.0. The molecule has 0 spiro atoms. The van der Waals surface area contributed by atoms with Crippen LogP contribution in [0.25, 0.3) is 6.08 Å². The summed E-state index contributed by atoms with van der Waals surface area (Å²) in [4.78, 5) is 45.3. The Balaban J connectivity index is 0.847. The normalized spacial score (nSPS) is 49.6. The van der Waals surface area contributed by atoms with Gasteiger partial charge in [-0.3, -0.25) is 9.59 Å². The lowest BCUT2D eigenvalue weighted by Gasteiger charge is -2.71. The van der Waals surface area contributed by atoms with E-state index in [1.807, 2.05) is 33.8 Å². The monoisotopic (exact) mass is 1720 g/mol. The van der Waals surface area contributed by atoms with Crippen molar-refractivity contribution >= 4 is 24.0 Å². The van der Waals surface area contributed by atoms with Gasteiger partial charge in [-0.1, -0.05) is 45.4 Å². The highest BCUT2D eigenvalue weighted by atomic mass is 16.8. The summed E-state index contributed by atoms with van der Waals surface area (Å²) >= 11 is 0. The maximum absolute atomic E-state index is 16.6. The maximum Gasteiger partial charge on any atom is 0.331 e. The van der Waals surface area contributed by atoms with E-state index in [0.29, 0.717) is 30.6 Å². The highest BCUT2D eigenvalue weighted by Crippen LogP contribution is 2.76. The van der Waals surface area contributed by atoms with E-state index in [9.17, 15) is 112 Å². The fourth-order valence-electron chi connectivity index (χ4n) is 21.7. The number of aliphatic hydroxyl groups excluding tert-OH is 19. The molecule has 20 N–H and O–H groups in total. The molecule has 13 rings (SSSR count). The van der Waals surface area contributed by atoms with E-state index in [1.54, 1.807) is 18.2 Å². The highest BCUT2D eigenvalue weighted by Gasteiger charge is 2.74. The molecule has 120 heavy (non-hydrogen) atoms. The smallest absolute Gasteiger partial charge is 0.331 e. The molecule has 0 aromatic heterocycles. The number of aliphatic hydroxyl groups is 19. The van der Waals surface area contributed by atoms with Crippen molar-refractivity contribution < 1.29 is 197 Å². The van der Waals surface area contributed by atoms with Crippen molar-refractivity contribution in [2.45, 2.75) is 315 Å². The second-order valence-corrected chi connectivity index (χ2v) is 36.0. The number of hydrogen-bond donors (Lipinski definition) is 20. The number of methoxy groups -OCH3 is 2. The van der Waals surface area contributed by atoms with E-state index in [4.69, 9.17) is 80.5 Å². The maximum atomic E-state index is 16.6. The van der Waals surface area contributed by atoms with Crippen LogP contribution in [0.2, 0.25) is 0 Å². The number of rotatable bonds is 23. The molecule has 1 aromatic rings. The van der Waals surface area contributed by atoms with Gasteiger partial charge in [-0.25, -0.2) is 4.79 Å². The number of carboxylic acids is 1. The Bertz CT molecular complexity index is 3760. The molecule has 1 aromatic carbocycles. The average Bonchev–Trinajstić information content (AvgIpc) is 0.667. The minimum Gasteiger partial charge on any atom is -0.493 e. The molecule has 40 nitrogen and oxygen atoms in total. The standard InChI is InChI=1S/C80H120O40/c1-31-60(115-68-56(97)50(91)43(29-108-68)113-66-54(95)47(88)37(85)27-106-66)53(94)58(99)69(109-31)118-64-63(117-71-59(100)62(51(92)42(26-82)112-71)116-67-55(96)48(89)38(86)28-107-67)61(114-46(87)15-11-33-10-13-39(104-8)40(22-33)105-9)32(2)110-72(64)120-74(103)79-19-18-75(3,4)23-35(79)34-12-14-44-76(5)24-36(84)65(119-70-57(98)52(93)49(90)41(25-81)111-70)78(7,73(101)102)45(76)16-17-77(44,6)80(34,30-83)21-20-79/h10-13,15,22,31-32,35-38,41-45,47-72,81-86,88-100H,14,16-21,23-30H2,1-9H3,(H,101,102)/b15-11-/t31-,32+,35-,36-,37-,38+,41+,42+,43+,44+,45+,47-,48-,49+,50-,51+,52-,53-,54+,55+,56+,57+,58+,59+,60-,61-,62-,63-,64+,65-,66-,67-,68-,69-,70-,71-,72-,76+,77+,78-,79-,80-/m0/s1. The SMILES string of the molecule is COc1ccc(/C=C\C(=O)O[C@@H]2[C@H](O[C@@H]3O[C@H](CO)[C@@H](O)[C@H](O[C@@H]4OC[C@@H](O)[C@H](O)[C@H]4O)[C@H]3O)[C@@H](O[C@@H]3O[C@@H](C)[C@H](O[C@@H]4OC[C@@H](O[C@@H]5OC[C@H](O)[C@H](O)[C@H]5O)[C@H](O)[C@H]4O)[C@@H](O)[C@H]3O)[C@H](OC(=O)[C@]34CCC(C)(C)C[C@H]3C3=CC[C@@H]5[C@@]6(C)C[C@H](O)[C@H](O[C@@H]7O[C@H](CO)[C@@H](O)[C@H](O)[C@H]7O)[C@@](C)(C(=O)O)[C@@H]6CC[C@@]5(C)[C@]3(CO)CC4)O[C@@H]2C)cc1OC. The number of hydrogen-bond acceptors (Lipinski definition) is 39. The number of carbonyl (C=O) groups excluding carboxylic acids is 2. The first kappa shape index (κ1) is 93.1. The minimum atomic E-state index is -2.27. The predicted octanol–water partition coefficient (Wildman–Crippen LogP) is -5.30. The lowest BCUT2D eigenvalue weighted by Crippen LogP contribution is -2.71. The largest absolute Gasteiger partial charge is 0.493 e. The van der Waals surface area contributed by atoms with Crippen molar-refractivity contribution in [3.8, 4) is 11.5 Å². The number of esters is 2. The molecule has 0 amide bonds. The van der Waals surface area contributed by atoms with E-state index in [2.05, 4.69) is 0 Å². The number of carbonyl (C=O) groups is 3. The van der Waals surface area contributed by atoms with E-state index in [-0.39, 0.29) is 44.3 Å². The predicted molar refractivity (Wildman–Crippen MR) is 397 cm³/mol. The Morgan fingerprint density at radius 3 is 1.66 bits per heavy atom. The van der Waals surface area contributed by atoms with Gasteiger partial charge in [-0.15, -0.1) is 0 Å². The van der Waals surface area contributed by atoms with Crippen molar-refractivity contribution in [2.24, 2.45) is 50.2 Å². The zero-order chi connectivity index (χ0) is 87.3. The van der Waals surface area contributed by atoms with Gasteiger partial charge in [-0.2, -0.15) is 0 Å². The first-order chi connectivity index (χ1) is 56.6. The first-order valence-electron chi connectivity index (χ1n) is 41.0. The topological polar surface area (TPSA) is 613 Å². The number of ether oxygens (including phenoxy) is 17. The van der Waals surface area contributed by atoms with E-state index in [0.717, 1.165) is 11.6 Å². The van der Waals surface area contributed by atoms with Crippen LogP contribution in [0, 0.1) is 50.2 Å². The Kier molecular flexibility index (Phi) is 28.1. The second-order valence-electron chi connectivity index (χ2n) is 36.0. The fraction of sp³-hybridized carbons (Fsp3) is 0.838. The summed E-state index contributed by atoms with van der Waals surface area (Å²) in [6.45, 7) is 8.28. The van der Waals surface area contributed by atoms with Crippen LogP contribution >= 0.6 is 0 Å². The fourth-order valence-corrected chi connectivity index (χ4v) is 21.7. The summed E-state index contributed by atoms with van der Waals surface area (Å²) < 4.78 is 103. The van der Waals surface area contributed by atoms with Crippen LogP contribution in [0.15, 0.2) is 35.9 Å². The number of aliphatic carboxylic acids is 1. The molecule has 0 unspecified atom stereocenters. The van der Waals surface area contributed by atoms with Gasteiger partial charge < -0.3 is 183 Å². The average molecular weight is 1720 g/mol. The molecular formula is C80H120O40. The summed E-state index contributed by atoms with van der Waals surface area (Å²) in [5.41, 5.74) is -5.93. The number of benzene rings is 1. The van der Waals surface area contributed by atoms with Crippen LogP contribution < -0.4 is 9.47 Å². The molecule has 5 aliphatic carbocycles. The number of carboxylic acid groups (broad SMARTS) is 1. The third kappa shape index (κ3) is 16.7. The van der Waals surface area contributed by atoms with Gasteiger partial charge in [0.2, 0.25) is 6.29 Å². The van der Waals surface area contributed by atoms with Crippen molar-refractivity contribution in [3.05, 3.63) is 41.5 Å². The molecule has 680 valence electrons. The van der Waals surface area contributed by atoms with E-state index >= 15 is 4.79 Å². The van der Waals surface area contributed by atoms with Crippen LogP contribution in [0.3, 0.4) is 0 Å². The molecule has 4 saturated carbocycles. The van der Waals surface area contributed by atoms with Gasteiger partial charge in [0.05, 0.1) is 83.0 Å². The highest BCUT2D eigenvalue weighted by molar-refractivity contribution is 5.87. The second kappa shape index (κ2) is 36.3. The molecule has 40 heteroatoms. The molecule has 7 aliphatic heterocycles. The molecule has 42 atom stereocenters. The molecule has 0 radical (unpaired) electrons. The zero-order valence-corrected chi connectivity index (χ0v) is 68.0. The summed E-state index contributed by atoms with van der Waals surface area (Å²) in [6.07, 6.45) is -56.4. The Labute approximate surface area is 690 Å². The van der Waals surface area contributed by atoms with E-state index in [1.165, 1.54) is 41.1 Å². The molecular weight excluding hydrogens is 1600 g/mol. The summed E-state index contributed by atoms with van der Waals surface area (Å²) in [6, 6.07) is 4.71. The molecule has 0 bridgehead atoms. The van der Waals surface area contributed by atoms with Gasteiger partial charge >= 0.3 is 17.9 Å². The van der Waals surface area contributed by atoms with Gasteiger partial charge in [0.1, 0.15) is 134 Å². The van der Waals surface area contributed by atoms with Crippen molar-refractivity contribution in [3.63, 3.8) is 0 Å². The third-order valence-electron chi connectivity index (χ3n) is 28.6. The van der Waals surface area contributed by atoms with Gasteiger partial charge in [0.15, 0.2) is 61.4 Å². The van der Waals surface area contributed by atoms with Crippen molar-refractivity contribution in [1.29, 1.82) is 0 Å². The van der Waals surface area contributed by atoms with Gasteiger partial charge in [0, 0.05) is 11.5 Å². The number of allylic oxidation sites excluding steroid dienone is 1. The van der Waals surface area contributed by atoms with Crippen LogP contribution in [-0.2, 0) is 85.4 Å². The van der Waals surface area contributed by atoms with Crippen molar-refractivity contribution in [1.82, 2.24) is 0 Å². The lowest BCUT2D eigenvalue weighted by molar-refractivity contribution is -0.397. The summed E-state index contributed by atoms with van der Waals surface area (Å²) in [5, 5.41) is 224. The van der Waals surface area contributed by atoms with E-state index < -0.39 is 317 Å². The number of fused-ring (bicyclic) bond motifs is 7. The quantitative estimate of drug-likeness (QED) is 0.0211. The Morgan fingerprint density at radius 2 is 1.03 bits per heavy atom. The molecule has 11 fully saturated rings. The molecule has 12 aliphatic rings.